The topological polar surface area (TPSA) is 12.0 Å². The molecule has 1 aliphatic carbocycles. The Morgan fingerprint density at radius 1 is 1.15 bits per heavy atom. The molecule has 1 nitrogen and oxygen atoms in total. The van der Waals surface area contributed by atoms with E-state index in [-0.39, 0.29) is 0 Å². The summed E-state index contributed by atoms with van der Waals surface area (Å²) in [6, 6.07) is 0.683. The molecule has 0 spiro atoms. The summed E-state index contributed by atoms with van der Waals surface area (Å²) in [5.41, 5.74) is 0.436. The first-order valence-electron chi connectivity index (χ1n) is 5.94. The molecule has 0 radical (unpaired) electrons. The molecule has 1 aliphatic rings. The molecule has 78 valence electrons. The Balaban J connectivity index is 2.41. The molecule has 0 heterocycles. The van der Waals surface area contributed by atoms with E-state index in [1.165, 1.54) is 44.9 Å². The highest BCUT2D eigenvalue weighted by Gasteiger charge is 2.25. The summed E-state index contributed by atoms with van der Waals surface area (Å²) in [6.07, 6.45) is 9.71. The Labute approximate surface area is 83.3 Å². The molecule has 1 fully saturated rings. The van der Waals surface area contributed by atoms with Gasteiger partial charge in [0.15, 0.2) is 0 Å². The fourth-order valence-electron chi connectivity index (χ4n) is 2.35. The lowest BCUT2D eigenvalue weighted by molar-refractivity contribution is 0.278. The summed E-state index contributed by atoms with van der Waals surface area (Å²) in [6.45, 7) is 6.97. The maximum absolute atomic E-state index is 3.78. The van der Waals surface area contributed by atoms with Gasteiger partial charge in [0, 0.05) is 11.6 Å². The second kappa shape index (κ2) is 4.99. The van der Waals surface area contributed by atoms with Crippen LogP contribution in [0.15, 0.2) is 0 Å². The maximum atomic E-state index is 3.78. The Kier molecular flexibility index (Phi) is 4.24. The Hall–Kier alpha value is -0.0400. The summed E-state index contributed by atoms with van der Waals surface area (Å²) in [5, 5.41) is 3.78. The van der Waals surface area contributed by atoms with Crippen molar-refractivity contribution in [1.82, 2.24) is 5.32 Å². The van der Waals surface area contributed by atoms with E-state index in [0.717, 1.165) is 0 Å². The largest absolute Gasteiger partial charge is 0.309 e. The zero-order valence-corrected chi connectivity index (χ0v) is 9.53. The number of nitrogens with one attached hydrogen (secondary N) is 1. The van der Waals surface area contributed by atoms with Crippen LogP contribution in [0.25, 0.3) is 0 Å². The second-order valence-electron chi connectivity index (χ2n) is 4.93. The third-order valence-corrected chi connectivity index (χ3v) is 3.41. The van der Waals surface area contributed by atoms with Crippen LogP contribution in [0.2, 0.25) is 0 Å². The van der Waals surface area contributed by atoms with Crippen molar-refractivity contribution in [3.05, 3.63) is 0 Å². The van der Waals surface area contributed by atoms with Gasteiger partial charge >= 0.3 is 0 Å². The molecule has 0 saturated heterocycles. The molecular weight excluding hydrogens is 158 g/mol. The second-order valence-corrected chi connectivity index (χ2v) is 4.93. The van der Waals surface area contributed by atoms with Crippen LogP contribution >= 0.6 is 0 Å². The molecule has 1 saturated carbocycles. The van der Waals surface area contributed by atoms with Crippen LogP contribution in [-0.4, -0.2) is 11.6 Å². The molecule has 1 N–H and O–H groups in total. The lowest BCUT2D eigenvalue weighted by Crippen LogP contribution is -2.46. The van der Waals surface area contributed by atoms with Gasteiger partial charge in [-0.15, -0.1) is 0 Å². The number of rotatable bonds is 3. The van der Waals surface area contributed by atoms with E-state index in [1.807, 2.05) is 0 Å². The Morgan fingerprint density at radius 2 is 1.69 bits per heavy atom. The zero-order valence-electron chi connectivity index (χ0n) is 9.53. The van der Waals surface area contributed by atoms with Gasteiger partial charge in [-0.05, 0) is 33.1 Å². The highest BCUT2D eigenvalue weighted by atomic mass is 15.0. The highest BCUT2D eigenvalue weighted by molar-refractivity contribution is 4.86. The first-order valence-corrected chi connectivity index (χ1v) is 5.94. The van der Waals surface area contributed by atoms with E-state index >= 15 is 0 Å². The molecule has 0 aliphatic heterocycles. The lowest BCUT2D eigenvalue weighted by atomic mass is 9.91. The molecule has 1 unspecified atom stereocenters. The zero-order chi connectivity index (χ0) is 9.73. The van der Waals surface area contributed by atoms with Crippen LogP contribution in [0.5, 0.6) is 0 Å². The molecule has 1 heteroatoms. The van der Waals surface area contributed by atoms with Crippen LogP contribution in [0, 0.1) is 0 Å². The smallest absolute Gasteiger partial charge is 0.0155 e. The molecule has 0 aromatic heterocycles. The van der Waals surface area contributed by atoms with Crippen LogP contribution in [0.1, 0.15) is 65.7 Å². The predicted octanol–water partition coefficient (Wildman–Crippen LogP) is 3.49. The van der Waals surface area contributed by atoms with Crippen molar-refractivity contribution in [3.63, 3.8) is 0 Å². The van der Waals surface area contributed by atoms with Gasteiger partial charge in [0.1, 0.15) is 0 Å². The average molecular weight is 183 g/mol. The van der Waals surface area contributed by atoms with Crippen LogP contribution < -0.4 is 5.32 Å². The minimum atomic E-state index is 0.436. The first kappa shape index (κ1) is 11.0. The molecule has 0 aromatic rings. The summed E-state index contributed by atoms with van der Waals surface area (Å²) in [7, 11) is 0. The van der Waals surface area contributed by atoms with E-state index in [2.05, 4.69) is 26.1 Å². The van der Waals surface area contributed by atoms with E-state index in [4.69, 9.17) is 0 Å². The van der Waals surface area contributed by atoms with Crippen molar-refractivity contribution in [3.8, 4) is 0 Å². The molecule has 13 heavy (non-hydrogen) atoms. The van der Waals surface area contributed by atoms with Crippen molar-refractivity contribution in [2.75, 3.05) is 0 Å². The summed E-state index contributed by atoms with van der Waals surface area (Å²) in [4.78, 5) is 0. The van der Waals surface area contributed by atoms with Crippen molar-refractivity contribution < 1.29 is 0 Å². The van der Waals surface area contributed by atoms with Crippen LogP contribution in [0.4, 0.5) is 0 Å². The average Bonchev–Trinajstić information content (AvgIpc) is 2.30. The number of hydrogen-bond acceptors (Lipinski definition) is 1. The normalized spacial score (nSPS) is 25.2. The Bertz CT molecular complexity index is 134. The van der Waals surface area contributed by atoms with Gasteiger partial charge in [-0.1, -0.05) is 32.6 Å². The van der Waals surface area contributed by atoms with Gasteiger partial charge in [-0.25, -0.2) is 0 Å². The minimum absolute atomic E-state index is 0.436. The third-order valence-electron chi connectivity index (χ3n) is 3.41. The van der Waals surface area contributed by atoms with E-state index in [1.54, 1.807) is 0 Å². The van der Waals surface area contributed by atoms with Gasteiger partial charge < -0.3 is 5.32 Å². The fraction of sp³-hybridized carbons (Fsp3) is 1.00. The van der Waals surface area contributed by atoms with Gasteiger partial charge in [-0.3, -0.25) is 0 Å². The van der Waals surface area contributed by atoms with Gasteiger partial charge in [0.25, 0.3) is 0 Å². The minimum Gasteiger partial charge on any atom is -0.309 e. The van der Waals surface area contributed by atoms with Crippen molar-refractivity contribution in [2.24, 2.45) is 0 Å². The Morgan fingerprint density at radius 3 is 2.15 bits per heavy atom. The summed E-state index contributed by atoms with van der Waals surface area (Å²) < 4.78 is 0. The molecular formula is C12H25N. The van der Waals surface area contributed by atoms with Crippen molar-refractivity contribution in [1.29, 1.82) is 0 Å². The monoisotopic (exact) mass is 183 g/mol. The third kappa shape index (κ3) is 3.68. The van der Waals surface area contributed by atoms with Gasteiger partial charge in [-0.2, -0.15) is 0 Å². The van der Waals surface area contributed by atoms with Crippen LogP contribution in [-0.2, 0) is 0 Å². The molecule has 0 amide bonds. The lowest BCUT2D eigenvalue weighted by Gasteiger charge is -2.33. The molecule has 0 bridgehead atoms. The predicted molar refractivity (Wildman–Crippen MR) is 59.0 cm³/mol. The van der Waals surface area contributed by atoms with Crippen LogP contribution in [0.3, 0.4) is 0 Å². The maximum Gasteiger partial charge on any atom is 0.0155 e. The molecule has 1 atom stereocenters. The van der Waals surface area contributed by atoms with E-state index < -0.39 is 0 Å². The highest BCUT2D eigenvalue weighted by Crippen LogP contribution is 2.27. The standard InChI is InChI=1S/C12H25N/c1-4-11(2)13-12(3)9-7-5-6-8-10-12/h11,13H,4-10H2,1-3H3. The quantitative estimate of drug-likeness (QED) is 0.660. The molecule has 1 rings (SSSR count). The summed E-state index contributed by atoms with van der Waals surface area (Å²) >= 11 is 0. The number of hydrogen-bond donors (Lipinski definition) is 1. The van der Waals surface area contributed by atoms with Gasteiger partial charge in [0.05, 0.1) is 0 Å². The van der Waals surface area contributed by atoms with Crippen molar-refractivity contribution in [2.45, 2.75) is 77.3 Å². The van der Waals surface area contributed by atoms with Gasteiger partial charge in [0.2, 0.25) is 0 Å². The molecule has 0 aromatic carbocycles. The summed E-state index contributed by atoms with van der Waals surface area (Å²) in [5.74, 6) is 0. The van der Waals surface area contributed by atoms with E-state index in [9.17, 15) is 0 Å². The first-order chi connectivity index (χ1) is 6.16. The van der Waals surface area contributed by atoms with Crippen molar-refractivity contribution >= 4 is 0 Å². The SMILES string of the molecule is CCC(C)NC1(C)CCCCCC1. The fourth-order valence-corrected chi connectivity index (χ4v) is 2.35. The van der Waals surface area contributed by atoms with E-state index in [0.29, 0.717) is 11.6 Å².